The fraction of sp³-hybridized carbons (Fsp3) is 0.692. The molecular weight excluding hydrogens is 1270 g/mol. The minimum Gasteiger partial charge on any atom is -0.462 e. The number of hydrogen-bond acceptors (Lipinski definition) is 8. The molecule has 10 heteroatoms. The number of phosphoric ester groups is 1. The molecule has 9 nitrogen and oxygen atoms in total. The summed E-state index contributed by atoms with van der Waals surface area (Å²) in [4.78, 5) is 35.5. The number of allylic oxidation sites excluding steroid dienone is 26. The SMILES string of the molecule is CC/C=C\C/C=C\C/C=C\C/C=C\C/C=C\C/C=C\C/C=C\C/C=C\C/C=C\CCCCCCCCCCCCCC(=O)OC(COC(=O)CCCCCCCCCCCCCCCCCCCCCCCCCCCCCC/C=C\C/C=C\C/C=C\C/C=C\CC)COP(=O)(O)OCCN. The van der Waals surface area contributed by atoms with E-state index in [1.807, 2.05) is 0 Å². The van der Waals surface area contributed by atoms with Crippen molar-refractivity contribution in [2.45, 2.75) is 380 Å². The minimum absolute atomic E-state index is 0.0488. The van der Waals surface area contributed by atoms with Crippen molar-refractivity contribution in [3.05, 3.63) is 158 Å². The maximum absolute atomic E-state index is 12.8. The first-order chi connectivity index (χ1) is 49.8. The largest absolute Gasteiger partial charge is 0.472 e. The summed E-state index contributed by atoms with van der Waals surface area (Å²) in [6.45, 7) is 3.55. The molecule has 0 rings (SSSR count). The first kappa shape index (κ1) is 96.6. The van der Waals surface area contributed by atoms with Gasteiger partial charge >= 0.3 is 19.8 Å². The van der Waals surface area contributed by atoms with E-state index in [-0.39, 0.29) is 38.6 Å². The third-order valence-corrected chi connectivity index (χ3v) is 18.9. The lowest BCUT2D eigenvalue weighted by Crippen LogP contribution is -2.29. The number of carbonyl (C=O) groups excluding carboxylic acids is 2. The molecule has 0 spiro atoms. The van der Waals surface area contributed by atoms with Gasteiger partial charge in [-0.1, -0.05) is 397 Å². The van der Waals surface area contributed by atoms with Crippen molar-refractivity contribution in [1.82, 2.24) is 0 Å². The average Bonchev–Trinajstić information content (AvgIpc) is 1.01. The van der Waals surface area contributed by atoms with Gasteiger partial charge < -0.3 is 20.1 Å². The molecule has 578 valence electrons. The van der Waals surface area contributed by atoms with E-state index in [9.17, 15) is 19.0 Å². The number of hydrogen-bond donors (Lipinski definition) is 2. The molecule has 0 fully saturated rings. The predicted molar refractivity (Wildman–Crippen MR) is 440 cm³/mol. The Balaban J connectivity index is 3.81. The second-order valence-corrected chi connectivity index (χ2v) is 29.0. The van der Waals surface area contributed by atoms with E-state index in [2.05, 4.69) is 172 Å². The Hall–Kier alpha value is -4.37. The van der Waals surface area contributed by atoms with Gasteiger partial charge in [-0.25, -0.2) is 4.57 Å². The Morgan fingerprint density at radius 1 is 0.297 bits per heavy atom. The van der Waals surface area contributed by atoms with Crippen molar-refractivity contribution in [2.75, 3.05) is 26.4 Å². The fourth-order valence-corrected chi connectivity index (χ4v) is 12.6. The molecule has 2 unspecified atom stereocenters. The lowest BCUT2D eigenvalue weighted by Gasteiger charge is -2.19. The summed E-state index contributed by atoms with van der Waals surface area (Å²) in [6.07, 6.45) is 124. The van der Waals surface area contributed by atoms with Gasteiger partial charge in [-0.15, -0.1) is 0 Å². The van der Waals surface area contributed by atoms with Gasteiger partial charge in [0.1, 0.15) is 6.61 Å². The van der Waals surface area contributed by atoms with E-state index >= 15 is 0 Å². The standard InChI is InChI=1S/C91H156NO8P/c1-3-5-7-9-11-13-15-17-19-21-23-25-27-29-31-33-35-37-39-41-43-44-46-47-49-51-53-55-57-59-61-63-65-67-69-71-73-75-77-79-81-83-90(93)97-87-89(88-99-101(95,96)98-86-85-92)100-91(94)84-82-80-78-76-74-72-70-68-66-64-62-60-58-56-54-52-50-48-45-42-40-38-36-34-32-30-28-26-24-22-20-18-16-14-12-10-8-6-4-2/h5-8,11-14,17-20,23-26,30,32,36,38,42,45,50,52,56,58,89H,3-4,9-10,15-16,21-22,27-29,31,33-35,37,39-41,43-44,46-49,51,53-55,57,59-88,92H2,1-2H3,(H,95,96)/b7-5-,8-6-,13-11-,14-12-,19-17-,20-18-,25-23-,26-24-,32-30-,38-36-,45-42-,52-50-,58-56-. The zero-order valence-electron chi connectivity index (χ0n) is 65.3. The van der Waals surface area contributed by atoms with E-state index in [0.29, 0.717) is 6.42 Å². The minimum atomic E-state index is -4.41. The molecule has 0 aliphatic carbocycles. The van der Waals surface area contributed by atoms with Crippen LogP contribution in [0.3, 0.4) is 0 Å². The normalized spacial score (nSPS) is 13.7. The number of esters is 2. The Morgan fingerprint density at radius 2 is 0.515 bits per heavy atom. The van der Waals surface area contributed by atoms with E-state index in [4.69, 9.17) is 24.3 Å². The number of nitrogens with two attached hydrogens (primary N) is 1. The summed E-state index contributed by atoms with van der Waals surface area (Å²) in [6, 6.07) is 0. The number of carbonyl (C=O) groups is 2. The van der Waals surface area contributed by atoms with Crippen LogP contribution < -0.4 is 5.73 Å². The Morgan fingerprint density at radius 3 is 0.762 bits per heavy atom. The van der Waals surface area contributed by atoms with Crippen LogP contribution in [0, 0.1) is 0 Å². The summed E-state index contributed by atoms with van der Waals surface area (Å²) in [5.74, 6) is -0.822. The van der Waals surface area contributed by atoms with Gasteiger partial charge in [-0.2, -0.15) is 0 Å². The van der Waals surface area contributed by atoms with Gasteiger partial charge in [0, 0.05) is 19.4 Å². The highest BCUT2D eigenvalue weighted by Crippen LogP contribution is 2.43. The van der Waals surface area contributed by atoms with Gasteiger partial charge in [0.05, 0.1) is 13.2 Å². The van der Waals surface area contributed by atoms with Crippen LogP contribution in [0.4, 0.5) is 0 Å². The molecule has 0 aliphatic rings. The molecular formula is C91H156NO8P. The summed E-state index contributed by atoms with van der Waals surface area (Å²) in [5.41, 5.74) is 5.42. The first-order valence-corrected chi connectivity index (χ1v) is 43.5. The summed E-state index contributed by atoms with van der Waals surface area (Å²) in [7, 11) is -4.41. The van der Waals surface area contributed by atoms with Crippen LogP contribution in [0.25, 0.3) is 0 Å². The van der Waals surface area contributed by atoms with Crippen molar-refractivity contribution < 1.29 is 37.6 Å². The molecule has 0 amide bonds. The molecule has 0 saturated carbocycles. The number of rotatable bonds is 78. The molecule has 0 saturated heterocycles. The average molecular weight is 1420 g/mol. The van der Waals surface area contributed by atoms with Crippen LogP contribution in [-0.2, 0) is 32.7 Å². The summed E-state index contributed by atoms with van der Waals surface area (Å²) < 4.78 is 33.3. The van der Waals surface area contributed by atoms with E-state index in [0.717, 1.165) is 128 Å². The van der Waals surface area contributed by atoms with E-state index < -0.39 is 26.5 Å². The molecule has 0 aliphatic heterocycles. The quantitative estimate of drug-likeness (QED) is 0.0264. The Labute approximate surface area is 623 Å². The van der Waals surface area contributed by atoms with Gasteiger partial charge in [-0.3, -0.25) is 18.6 Å². The second-order valence-electron chi connectivity index (χ2n) is 27.6. The Kier molecular flexibility index (Phi) is 80.9. The molecule has 2 atom stereocenters. The van der Waals surface area contributed by atoms with Crippen molar-refractivity contribution in [2.24, 2.45) is 5.73 Å². The first-order valence-electron chi connectivity index (χ1n) is 42.0. The van der Waals surface area contributed by atoms with Crippen molar-refractivity contribution >= 4 is 19.8 Å². The van der Waals surface area contributed by atoms with E-state index in [1.165, 1.54) is 212 Å². The van der Waals surface area contributed by atoms with E-state index in [1.54, 1.807) is 0 Å². The maximum Gasteiger partial charge on any atom is 0.472 e. The van der Waals surface area contributed by atoms with Crippen molar-refractivity contribution in [1.29, 1.82) is 0 Å². The van der Waals surface area contributed by atoms with Crippen LogP contribution in [0.5, 0.6) is 0 Å². The second kappa shape index (κ2) is 84.6. The molecule has 0 aromatic carbocycles. The highest BCUT2D eigenvalue weighted by atomic mass is 31.2. The summed E-state index contributed by atoms with van der Waals surface area (Å²) >= 11 is 0. The molecule has 101 heavy (non-hydrogen) atoms. The number of ether oxygens (including phenoxy) is 2. The van der Waals surface area contributed by atoms with Crippen LogP contribution >= 0.6 is 7.82 Å². The molecule has 0 heterocycles. The van der Waals surface area contributed by atoms with Crippen LogP contribution in [0.2, 0.25) is 0 Å². The third-order valence-electron chi connectivity index (χ3n) is 17.9. The van der Waals surface area contributed by atoms with Gasteiger partial charge in [0.2, 0.25) is 0 Å². The van der Waals surface area contributed by atoms with Crippen molar-refractivity contribution in [3.63, 3.8) is 0 Å². The number of phosphoric acid groups is 1. The predicted octanol–water partition coefficient (Wildman–Crippen LogP) is 28.6. The zero-order chi connectivity index (χ0) is 72.9. The van der Waals surface area contributed by atoms with Crippen LogP contribution in [0.15, 0.2) is 158 Å². The van der Waals surface area contributed by atoms with Gasteiger partial charge in [-0.05, 0) is 122 Å². The highest BCUT2D eigenvalue weighted by molar-refractivity contribution is 7.47. The van der Waals surface area contributed by atoms with Gasteiger partial charge in [0.25, 0.3) is 0 Å². The Bertz CT molecular complexity index is 2230. The fourth-order valence-electron chi connectivity index (χ4n) is 11.8. The monoisotopic (exact) mass is 1420 g/mol. The van der Waals surface area contributed by atoms with Gasteiger partial charge in [0.15, 0.2) is 6.10 Å². The number of unbranched alkanes of at least 4 members (excludes halogenated alkanes) is 39. The molecule has 0 radical (unpaired) electrons. The lowest BCUT2D eigenvalue weighted by atomic mass is 10.0. The van der Waals surface area contributed by atoms with Crippen LogP contribution in [-0.4, -0.2) is 49.3 Å². The lowest BCUT2D eigenvalue weighted by molar-refractivity contribution is -0.161. The zero-order valence-corrected chi connectivity index (χ0v) is 66.2. The maximum atomic E-state index is 12.8. The molecule has 0 aromatic heterocycles. The third kappa shape index (κ3) is 84.5. The molecule has 3 N–H and O–H groups in total. The molecule has 0 aromatic rings. The van der Waals surface area contributed by atoms with Crippen LogP contribution in [0.1, 0.15) is 373 Å². The summed E-state index contributed by atoms with van der Waals surface area (Å²) in [5, 5.41) is 0. The molecule has 0 bridgehead atoms. The topological polar surface area (TPSA) is 134 Å². The van der Waals surface area contributed by atoms with Crippen molar-refractivity contribution in [3.8, 4) is 0 Å². The smallest absolute Gasteiger partial charge is 0.462 e. The highest BCUT2D eigenvalue weighted by Gasteiger charge is 2.26.